The minimum atomic E-state index is -1.31. The summed E-state index contributed by atoms with van der Waals surface area (Å²) in [6.07, 6.45) is 0.140. The molecule has 10 heteroatoms. The van der Waals surface area contributed by atoms with Gasteiger partial charge in [-0.15, -0.1) is 0 Å². The number of carbonyl (C=O) groups excluding carboxylic acids is 2. The molecule has 0 saturated carbocycles. The average Bonchev–Trinajstić information content (AvgIpc) is 2.67. The first-order valence-corrected chi connectivity index (χ1v) is 8.56. The molecule has 154 valence electrons. The molecule has 2 aromatic rings. The van der Waals surface area contributed by atoms with E-state index >= 15 is 0 Å². The number of phenolic OH excluding ortho intramolecular Hbond substituents is 4. The van der Waals surface area contributed by atoms with Gasteiger partial charge >= 0.3 is 5.97 Å². The molecular formula is C19H20N2O8. The van der Waals surface area contributed by atoms with Gasteiger partial charge in [-0.25, -0.2) is 4.79 Å². The largest absolute Gasteiger partial charge is 0.504 e. The van der Waals surface area contributed by atoms with Crippen LogP contribution in [-0.2, 0) is 4.79 Å². The van der Waals surface area contributed by atoms with Crippen molar-refractivity contribution in [2.75, 3.05) is 6.54 Å². The van der Waals surface area contributed by atoms with Gasteiger partial charge in [-0.1, -0.05) is 12.1 Å². The van der Waals surface area contributed by atoms with Gasteiger partial charge in [-0.05, 0) is 37.1 Å². The number of rotatable bonds is 8. The van der Waals surface area contributed by atoms with Crippen LogP contribution in [0.25, 0.3) is 0 Å². The fourth-order valence-electron chi connectivity index (χ4n) is 2.53. The van der Waals surface area contributed by atoms with E-state index in [4.69, 9.17) is 0 Å². The van der Waals surface area contributed by atoms with Crippen LogP contribution in [-0.4, -0.2) is 55.9 Å². The summed E-state index contributed by atoms with van der Waals surface area (Å²) >= 11 is 0. The molecule has 10 nitrogen and oxygen atoms in total. The molecule has 0 aliphatic carbocycles. The molecular weight excluding hydrogens is 384 g/mol. The number of amides is 2. The van der Waals surface area contributed by atoms with Gasteiger partial charge in [0.2, 0.25) is 0 Å². The minimum absolute atomic E-state index is 0.0348. The predicted octanol–water partition coefficient (Wildman–Crippen LogP) is 0.902. The molecule has 0 unspecified atom stereocenters. The number of phenols is 4. The second kappa shape index (κ2) is 9.31. The van der Waals surface area contributed by atoms with Gasteiger partial charge in [0.05, 0.1) is 11.1 Å². The van der Waals surface area contributed by atoms with Gasteiger partial charge in [0, 0.05) is 6.54 Å². The van der Waals surface area contributed by atoms with Gasteiger partial charge < -0.3 is 36.2 Å². The summed E-state index contributed by atoms with van der Waals surface area (Å²) in [7, 11) is 0. The SMILES string of the molecule is O=C(NCCC[C@H](NC(=O)c1cccc(O)c1O)C(=O)O)c1cccc(O)c1O. The Kier molecular flexibility index (Phi) is 6.85. The highest BCUT2D eigenvalue weighted by molar-refractivity contribution is 5.99. The lowest BCUT2D eigenvalue weighted by atomic mass is 10.1. The summed E-state index contributed by atoms with van der Waals surface area (Å²) in [5.41, 5.74) is -0.406. The Morgan fingerprint density at radius 2 is 1.34 bits per heavy atom. The van der Waals surface area contributed by atoms with Crippen LogP contribution < -0.4 is 10.6 Å². The van der Waals surface area contributed by atoms with E-state index in [0.717, 1.165) is 0 Å². The Morgan fingerprint density at radius 1 is 0.828 bits per heavy atom. The normalized spacial score (nSPS) is 11.4. The third kappa shape index (κ3) is 5.28. The second-order valence-electron chi connectivity index (χ2n) is 6.11. The summed E-state index contributed by atoms with van der Waals surface area (Å²) in [5, 5.41) is 52.2. The van der Waals surface area contributed by atoms with Gasteiger partial charge in [0.1, 0.15) is 6.04 Å². The van der Waals surface area contributed by atoms with E-state index in [0.29, 0.717) is 0 Å². The smallest absolute Gasteiger partial charge is 0.326 e. The second-order valence-corrected chi connectivity index (χ2v) is 6.11. The molecule has 0 heterocycles. The summed E-state index contributed by atoms with van der Waals surface area (Å²) < 4.78 is 0. The van der Waals surface area contributed by atoms with E-state index < -0.39 is 46.8 Å². The van der Waals surface area contributed by atoms with Crippen LogP contribution in [0.1, 0.15) is 33.6 Å². The molecule has 0 spiro atoms. The number of carbonyl (C=O) groups is 3. The van der Waals surface area contributed by atoms with Crippen LogP contribution in [0.5, 0.6) is 23.0 Å². The molecule has 0 aromatic heterocycles. The molecule has 0 fully saturated rings. The number of hydrogen-bond acceptors (Lipinski definition) is 7. The fraction of sp³-hybridized carbons (Fsp3) is 0.211. The molecule has 2 amide bonds. The Bertz CT molecular complexity index is 928. The van der Waals surface area contributed by atoms with E-state index in [1.807, 2.05) is 0 Å². The number of nitrogens with one attached hydrogen (secondary N) is 2. The lowest BCUT2D eigenvalue weighted by molar-refractivity contribution is -0.139. The highest BCUT2D eigenvalue weighted by Crippen LogP contribution is 2.28. The first-order chi connectivity index (χ1) is 13.7. The third-order valence-corrected chi connectivity index (χ3v) is 4.08. The molecule has 0 aliphatic rings. The lowest BCUT2D eigenvalue weighted by Crippen LogP contribution is -2.41. The maximum absolute atomic E-state index is 12.2. The molecule has 29 heavy (non-hydrogen) atoms. The summed E-state index contributed by atoms with van der Waals surface area (Å²) in [5.74, 6) is -5.02. The van der Waals surface area contributed by atoms with E-state index in [-0.39, 0.29) is 30.5 Å². The van der Waals surface area contributed by atoms with Crippen molar-refractivity contribution in [2.24, 2.45) is 0 Å². The van der Waals surface area contributed by atoms with Crippen molar-refractivity contribution >= 4 is 17.8 Å². The van der Waals surface area contributed by atoms with Crippen LogP contribution in [0.15, 0.2) is 36.4 Å². The molecule has 7 N–H and O–H groups in total. The minimum Gasteiger partial charge on any atom is -0.504 e. The number of hydrogen-bond donors (Lipinski definition) is 7. The van der Waals surface area contributed by atoms with Crippen molar-refractivity contribution in [1.82, 2.24) is 10.6 Å². The summed E-state index contributed by atoms with van der Waals surface area (Å²) in [6.45, 7) is 0.0466. The lowest BCUT2D eigenvalue weighted by Gasteiger charge is -2.15. The van der Waals surface area contributed by atoms with Crippen molar-refractivity contribution in [1.29, 1.82) is 0 Å². The van der Waals surface area contributed by atoms with Crippen molar-refractivity contribution in [3.05, 3.63) is 47.5 Å². The number of carboxylic acids is 1. The highest BCUT2D eigenvalue weighted by Gasteiger charge is 2.23. The molecule has 2 aromatic carbocycles. The maximum Gasteiger partial charge on any atom is 0.326 e. The Hall–Kier alpha value is -3.95. The van der Waals surface area contributed by atoms with Crippen molar-refractivity contribution in [2.45, 2.75) is 18.9 Å². The fourth-order valence-corrected chi connectivity index (χ4v) is 2.53. The molecule has 2 rings (SSSR count). The first kappa shape index (κ1) is 21.4. The zero-order valence-electron chi connectivity index (χ0n) is 15.1. The van der Waals surface area contributed by atoms with Crippen molar-refractivity contribution in [3.8, 4) is 23.0 Å². The molecule has 0 aliphatic heterocycles. The van der Waals surface area contributed by atoms with Crippen LogP contribution in [0.3, 0.4) is 0 Å². The number of benzene rings is 2. The maximum atomic E-state index is 12.2. The van der Waals surface area contributed by atoms with Crippen LogP contribution in [0.2, 0.25) is 0 Å². The number of carboxylic acid groups (broad SMARTS) is 1. The van der Waals surface area contributed by atoms with Crippen LogP contribution in [0, 0.1) is 0 Å². The van der Waals surface area contributed by atoms with E-state index in [2.05, 4.69) is 10.6 Å². The van der Waals surface area contributed by atoms with E-state index in [1.54, 1.807) is 0 Å². The molecule has 1 atom stereocenters. The topological polar surface area (TPSA) is 176 Å². The number of para-hydroxylation sites is 2. The molecule has 0 bridgehead atoms. The summed E-state index contributed by atoms with van der Waals surface area (Å²) in [4.78, 5) is 35.5. The molecule has 0 radical (unpaired) electrons. The Morgan fingerprint density at radius 3 is 1.86 bits per heavy atom. The third-order valence-electron chi connectivity index (χ3n) is 4.08. The highest BCUT2D eigenvalue weighted by atomic mass is 16.4. The Balaban J connectivity index is 1.90. The van der Waals surface area contributed by atoms with Gasteiger partial charge in [0.25, 0.3) is 11.8 Å². The van der Waals surface area contributed by atoms with Gasteiger partial charge in [-0.3, -0.25) is 9.59 Å². The average molecular weight is 404 g/mol. The first-order valence-electron chi connectivity index (χ1n) is 8.56. The monoisotopic (exact) mass is 404 g/mol. The van der Waals surface area contributed by atoms with Crippen LogP contribution in [0.4, 0.5) is 0 Å². The van der Waals surface area contributed by atoms with Gasteiger partial charge in [0.15, 0.2) is 23.0 Å². The van der Waals surface area contributed by atoms with Crippen molar-refractivity contribution < 1.29 is 39.9 Å². The quantitative estimate of drug-likeness (QED) is 0.251. The van der Waals surface area contributed by atoms with Crippen molar-refractivity contribution in [3.63, 3.8) is 0 Å². The summed E-state index contributed by atoms with van der Waals surface area (Å²) in [6, 6.07) is 6.35. The number of aliphatic carboxylic acids is 1. The molecule has 0 saturated heterocycles. The van der Waals surface area contributed by atoms with E-state index in [1.165, 1.54) is 36.4 Å². The van der Waals surface area contributed by atoms with Crippen LogP contribution >= 0.6 is 0 Å². The Labute approximate surface area is 165 Å². The zero-order valence-corrected chi connectivity index (χ0v) is 15.1. The predicted molar refractivity (Wildman–Crippen MR) is 100 cm³/mol. The standard InChI is InChI=1S/C19H20N2O8/c22-13-7-1-4-10(15(13)24)17(26)20-9-3-6-12(19(28)29)21-18(27)11-5-2-8-14(23)16(11)25/h1-2,4-5,7-8,12,22-25H,3,6,9H2,(H,20,26)(H,21,27)(H,28,29)/t12-/m0/s1. The van der Waals surface area contributed by atoms with E-state index in [9.17, 15) is 39.9 Å². The van der Waals surface area contributed by atoms with Gasteiger partial charge in [-0.2, -0.15) is 0 Å². The zero-order chi connectivity index (χ0) is 21.6. The number of aromatic hydroxyl groups is 4.